The van der Waals surface area contributed by atoms with Gasteiger partial charge in [0.15, 0.2) is 11.6 Å². The fourth-order valence-corrected chi connectivity index (χ4v) is 4.69. The maximum Gasteiger partial charge on any atom is 0.243 e. The van der Waals surface area contributed by atoms with Gasteiger partial charge < -0.3 is 16.4 Å². The third kappa shape index (κ3) is 4.72. The van der Waals surface area contributed by atoms with Crippen molar-refractivity contribution in [2.24, 2.45) is 0 Å². The van der Waals surface area contributed by atoms with Crippen molar-refractivity contribution < 1.29 is 8.42 Å². The summed E-state index contributed by atoms with van der Waals surface area (Å²) in [6.07, 6.45) is 1.40. The van der Waals surface area contributed by atoms with E-state index in [2.05, 4.69) is 36.5 Å². The van der Waals surface area contributed by atoms with Crippen LogP contribution in [0.25, 0.3) is 0 Å². The molecular weight excluding hydrogens is 468 g/mol. The van der Waals surface area contributed by atoms with E-state index in [1.807, 2.05) is 38.1 Å². The molecule has 0 aliphatic rings. The average molecular weight is 491 g/mol. The number of aromatic nitrogens is 2. The van der Waals surface area contributed by atoms with Crippen molar-refractivity contribution in [3.05, 3.63) is 59.3 Å². The third-order valence-corrected chi connectivity index (χ3v) is 7.23. The molecule has 30 heavy (non-hydrogen) atoms. The van der Waals surface area contributed by atoms with Crippen molar-refractivity contribution in [3.8, 4) is 0 Å². The highest BCUT2D eigenvalue weighted by Crippen LogP contribution is 2.31. The monoisotopic (exact) mass is 490 g/mol. The number of hydrogen-bond acceptors (Lipinski definition) is 7. The molecule has 1 heterocycles. The molecule has 10 heteroatoms. The Hall–Kier alpha value is -2.69. The number of nitrogens with one attached hydrogen (secondary N) is 2. The minimum absolute atomic E-state index is 0.240. The second-order valence-corrected chi connectivity index (χ2v) is 9.12. The van der Waals surface area contributed by atoms with Crippen molar-refractivity contribution in [2.45, 2.75) is 18.7 Å². The van der Waals surface area contributed by atoms with Crippen LogP contribution in [0.2, 0.25) is 0 Å². The van der Waals surface area contributed by atoms with Crippen LogP contribution in [0.1, 0.15) is 13.8 Å². The Morgan fingerprint density at radius 3 is 2.17 bits per heavy atom. The predicted molar refractivity (Wildman–Crippen MR) is 124 cm³/mol. The van der Waals surface area contributed by atoms with Gasteiger partial charge in [-0.2, -0.15) is 4.31 Å². The summed E-state index contributed by atoms with van der Waals surface area (Å²) >= 11 is 3.48. The molecule has 0 amide bonds. The minimum Gasteiger partial charge on any atom is -0.393 e. The summed E-state index contributed by atoms with van der Waals surface area (Å²) in [5.74, 6) is 0.874. The molecule has 3 rings (SSSR count). The Labute approximate surface area is 184 Å². The van der Waals surface area contributed by atoms with Crippen molar-refractivity contribution >= 4 is 54.7 Å². The Morgan fingerprint density at radius 1 is 0.967 bits per heavy atom. The largest absolute Gasteiger partial charge is 0.393 e. The molecule has 8 nitrogen and oxygen atoms in total. The van der Waals surface area contributed by atoms with Gasteiger partial charge in [0, 0.05) is 23.2 Å². The zero-order valence-corrected chi connectivity index (χ0v) is 19.0. The third-order valence-electron chi connectivity index (χ3n) is 4.47. The number of nitrogen functional groups attached to an aromatic ring is 1. The maximum atomic E-state index is 12.6. The van der Waals surface area contributed by atoms with Gasteiger partial charge in [-0.1, -0.05) is 26.0 Å². The smallest absolute Gasteiger partial charge is 0.243 e. The highest BCUT2D eigenvalue weighted by Gasteiger charge is 2.21. The molecule has 4 N–H and O–H groups in total. The fraction of sp³-hybridized carbons (Fsp3) is 0.200. The van der Waals surface area contributed by atoms with Crippen LogP contribution >= 0.6 is 15.9 Å². The molecule has 0 unspecified atom stereocenters. The summed E-state index contributed by atoms with van der Waals surface area (Å²) in [6.45, 7) is 4.47. The number of halogens is 1. The zero-order valence-electron chi connectivity index (χ0n) is 16.6. The number of rotatable bonds is 8. The number of hydrogen-bond donors (Lipinski definition) is 3. The van der Waals surface area contributed by atoms with Crippen LogP contribution in [0.4, 0.5) is 28.7 Å². The Bertz CT molecular complexity index is 1120. The Morgan fingerprint density at radius 2 is 1.57 bits per heavy atom. The molecule has 0 spiro atoms. The molecule has 0 saturated heterocycles. The van der Waals surface area contributed by atoms with Crippen LogP contribution in [0.3, 0.4) is 0 Å². The highest BCUT2D eigenvalue weighted by molar-refractivity contribution is 9.10. The molecule has 0 radical (unpaired) electrons. The Kier molecular flexibility index (Phi) is 6.91. The summed E-state index contributed by atoms with van der Waals surface area (Å²) in [5, 5.41) is 6.29. The molecule has 0 saturated carbocycles. The van der Waals surface area contributed by atoms with Crippen LogP contribution in [-0.2, 0) is 10.0 Å². The second kappa shape index (κ2) is 9.41. The van der Waals surface area contributed by atoms with Gasteiger partial charge in [-0.15, -0.1) is 0 Å². The summed E-state index contributed by atoms with van der Waals surface area (Å²) in [4.78, 5) is 8.65. The van der Waals surface area contributed by atoms with Gasteiger partial charge in [0.05, 0.1) is 10.6 Å². The molecule has 0 bridgehead atoms. The average Bonchev–Trinajstić information content (AvgIpc) is 2.73. The number of anilines is 5. The van der Waals surface area contributed by atoms with Gasteiger partial charge >= 0.3 is 0 Å². The van der Waals surface area contributed by atoms with Crippen molar-refractivity contribution in [1.29, 1.82) is 0 Å². The first kappa shape index (κ1) is 22.0. The van der Waals surface area contributed by atoms with Gasteiger partial charge in [0.25, 0.3) is 0 Å². The van der Waals surface area contributed by atoms with Crippen molar-refractivity contribution in [2.75, 3.05) is 29.5 Å². The zero-order chi connectivity index (χ0) is 21.7. The van der Waals surface area contributed by atoms with E-state index in [9.17, 15) is 8.42 Å². The number of nitrogens with zero attached hydrogens (tertiary/aromatic N) is 3. The lowest BCUT2D eigenvalue weighted by Gasteiger charge is -2.18. The topological polar surface area (TPSA) is 113 Å². The van der Waals surface area contributed by atoms with Crippen LogP contribution in [-0.4, -0.2) is 35.8 Å². The quantitative estimate of drug-likeness (QED) is 0.430. The summed E-state index contributed by atoms with van der Waals surface area (Å²) < 4.78 is 27.5. The molecule has 2 aromatic carbocycles. The van der Waals surface area contributed by atoms with E-state index in [1.54, 1.807) is 24.3 Å². The number of nitrogens with two attached hydrogens (primary N) is 1. The van der Waals surface area contributed by atoms with Crippen LogP contribution in [0.5, 0.6) is 0 Å². The molecule has 0 aliphatic carbocycles. The first-order valence-corrected chi connectivity index (χ1v) is 11.6. The van der Waals surface area contributed by atoms with Gasteiger partial charge in [-0.3, -0.25) is 0 Å². The van der Waals surface area contributed by atoms with Crippen LogP contribution in [0.15, 0.2) is 64.2 Å². The molecule has 0 atom stereocenters. The summed E-state index contributed by atoms with van der Waals surface area (Å²) in [7, 11) is -3.50. The van der Waals surface area contributed by atoms with E-state index >= 15 is 0 Å². The number of benzene rings is 2. The fourth-order valence-electron chi connectivity index (χ4n) is 2.84. The minimum atomic E-state index is -3.50. The standard InChI is InChI=1S/C20H23BrN6O2S/c1-3-27(4-2)30(28,29)15-11-9-14(10-12-15)25-19-18(22)20(24-13-23-19)26-17-8-6-5-7-16(17)21/h5-13H,3-4,22H2,1-2H3,(H2,23,24,25,26). The predicted octanol–water partition coefficient (Wildman–Crippen LogP) is 4.34. The van der Waals surface area contributed by atoms with Crippen LogP contribution in [0, 0.1) is 0 Å². The SMILES string of the molecule is CCN(CC)S(=O)(=O)c1ccc(Nc2ncnc(Nc3ccccc3Br)c2N)cc1. The van der Waals surface area contributed by atoms with E-state index in [1.165, 1.54) is 10.6 Å². The number of sulfonamides is 1. The lowest BCUT2D eigenvalue weighted by Crippen LogP contribution is -2.30. The van der Waals surface area contributed by atoms with Crippen molar-refractivity contribution in [3.63, 3.8) is 0 Å². The normalized spacial score (nSPS) is 11.5. The van der Waals surface area contributed by atoms with Crippen molar-refractivity contribution in [1.82, 2.24) is 14.3 Å². The van der Waals surface area contributed by atoms with E-state index in [0.717, 1.165) is 10.2 Å². The van der Waals surface area contributed by atoms with E-state index in [0.29, 0.717) is 36.1 Å². The van der Waals surface area contributed by atoms with E-state index in [4.69, 9.17) is 5.73 Å². The van der Waals surface area contributed by atoms with Gasteiger partial charge in [0.2, 0.25) is 10.0 Å². The molecule has 158 valence electrons. The number of para-hydroxylation sites is 1. The maximum absolute atomic E-state index is 12.6. The lowest BCUT2D eigenvalue weighted by molar-refractivity contribution is 0.445. The van der Waals surface area contributed by atoms with Gasteiger partial charge in [0.1, 0.15) is 12.0 Å². The van der Waals surface area contributed by atoms with E-state index < -0.39 is 10.0 Å². The van der Waals surface area contributed by atoms with Crippen LogP contribution < -0.4 is 16.4 Å². The lowest BCUT2D eigenvalue weighted by atomic mass is 10.3. The first-order chi connectivity index (χ1) is 14.4. The van der Waals surface area contributed by atoms with E-state index in [-0.39, 0.29) is 4.90 Å². The summed E-state index contributed by atoms with van der Waals surface area (Å²) in [6, 6.07) is 14.1. The molecule has 3 aromatic rings. The first-order valence-electron chi connectivity index (χ1n) is 9.36. The molecule has 0 aliphatic heterocycles. The molecule has 0 fully saturated rings. The highest BCUT2D eigenvalue weighted by atomic mass is 79.9. The van der Waals surface area contributed by atoms with Gasteiger partial charge in [-0.05, 0) is 52.3 Å². The Balaban J connectivity index is 1.81. The second-order valence-electron chi connectivity index (χ2n) is 6.33. The molecule has 1 aromatic heterocycles. The molecular formula is C20H23BrN6O2S. The van der Waals surface area contributed by atoms with Gasteiger partial charge in [-0.25, -0.2) is 18.4 Å². The summed E-state index contributed by atoms with van der Waals surface area (Å²) in [5.41, 5.74) is 8.05.